The van der Waals surface area contributed by atoms with Crippen molar-refractivity contribution in [3.63, 3.8) is 0 Å². The fourth-order valence-corrected chi connectivity index (χ4v) is 2.09. The Balaban J connectivity index is 1.76. The van der Waals surface area contributed by atoms with E-state index in [2.05, 4.69) is 26.6 Å². The fraction of sp³-hybridized carbons (Fsp3) is 0.133. The van der Waals surface area contributed by atoms with Gasteiger partial charge in [-0.15, -0.1) is 0 Å². The maximum absolute atomic E-state index is 12.7. The minimum Gasteiger partial charge on any atom is -0.325 e. The van der Waals surface area contributed by atoms with Gasteiger partial charge in [0.05, 0.1) is 6.54 Å². The van der Waals surface area contributed by atoms with E-state index in [1.54, 1.807) is 12.1 Å². The Hall–Kier alpha value is -1.72. The van der Waals surface area contributed by atoms with Gasteiger partial charge in [-0.2, -0.15) is 0 Å². The molecule has 0 aliphatic rings. The Bertz CT molecular complexity index is 587. The number of hydrogen-bond acceptors (Lipinski definition) is 2. The topological polar surface area (TPSA) is 41.1 Å². The molecule has 0 unspecified atom stereocenters. The lowest BCUT2D eigenvalue weighted by atomic mass is 10.2. The lowest BCUT2D eigenvalue weighted by Gasteiger charge is -2.07. The fourth-order valence-electron chi connectivity index (χ4n) is 1.69. The molecule has 5 heteroatoms. The molecule has 0 spiro atoms. The molecule has 1 amide bonds. The molecule has 0 fully saturated rings. The van der Waals surface area contributed by atoms with E-state index in [4.69, 9.17) is 0 Å². The molecule has 2 aromatic rings. The van der Waals surface area contributed by atoms with Gasteiger partial charge in [0.2, 0.25) is 5.91 Å². The summed E-state index contributed by atoms with van der Waals surface area (Å²) in [6.45, 7) is 0.718. The molecule has 2 N–H and O–H groups in total. The van der Waals surface area contributed by atoms with Crippen LogP contribution in [0.2, 0.25) is 0 Å². The minimum absolute atomic E-state index is 0.120. The van der Waals surface area contributed by atoms with E-state index >= 15 is 0 Å². The number of amides is 1. The van der Waals surface area contributed by atoms with Gasteiger partial charge in [-0.3, -0.25) is 4.79 Å². The number of halogens is 2. The SMILES string of the molecule is O=C(CNCc1ccc(F)cc1)Nc1cccc(Br)c1. The number of carbonyl (C=O) groups is 1. The first-order valence-electron chi connectivity index (χ1n) is 6.14. The third kappa shape index (κ3) is 4.75. The van der Waals surface area contributed by atoms with E-state index in [9.17, 15) is 9.18 Å². The lowest BCUT2D eigenvalue weighted by Crippen LogP contribution is -2.27. The Morgan fingerprint density at radius 1 is 1.15 bits per heavy atom. The van der Waals surface area contributed by atoms with Crippen LogP contribution in [0.15, 0.2) is 53.0 Å². The molecule has 0 saturated heterocycles. The van der Waals surface area contributed by atoms with Crippen molar-refractivity contribution in [2.75, 3.05) is 11.9 Å². The highest BCUT2D eigenvalue weighted by molar-refractivity contribution is 9.10. The summed E-state index contributed by atoms with van der Waals surface area (Å²) in [7, 11) is 0. The van der Waals surface area contributed by atoms with Crippen LogP contribution in [0, 0.1) is 5.82 Å². The van der Waals surface area contributed by atoms with Gasteiger partial charge < -0.3 is 10.6 Å². The summed E-state index contributed by atoms with van der Waals surface area (Å²) in [6, 6.07) is 13.6. The van der Waals surface area contributed by atoms with Crippen molar-refractivity contribution < 1.29 is 9.18 Å². The third-order valence-electron chi connectivity index (χ3n) is 2.64. The Labute approximate surface area is 125 Å². The van der Waals surface area contributed by atoms with Crippen LogP contribution in [0.1, 0.15) is 5.56 Å². The van der Waals surface area contributed by atoms with Crippen molar-refractivity contribution in [3.8, 4) is 0 Å². The van der Waals surface area contributed by atoms with E-state index in [1.165, 1.54) is 12.1 Å². The molecule has 0 radical (unpaired) electrons. The van der Waals surface area contributed by atoms with Gasteiger partial charge in [-0.1, -0.05) is 34.1 Å². The predicted octanol–water partition coefficient (Wildman–Crippen LogP) is 3.32. The summed E-state index contributed by atoms with van der Waals surface area (Å²) in [5.41, 5.74) is 1.68. The summed E-state index contributed by atoms with van der Waals surface area (Å²) in [6.07, 6.45) is 0. The summed E-state index contributed by atoms with van der Waals surface area (Å²) < 4.78 is 13.6. The van der Waals surface area contributed by atoms with Crippen molar-refractivity contribution in [2.24, 2.45) is 0 Å². The molecule has 0 aliphatic heterocycles. The Morgan fingerprint density at radius 3 is 2.60 bits per heavy atom. The summed E-state index contributed by atoms with van der Waals surface area (Å²) in [4.78, 5) is 11.7. The maximum Gasteiger partial charge on any atom is 0.238 e. The summed E-state index contributed by atoms with van der Waals surface area (Å²) in [5, 5.41) is 5.80. The number of hydrogen-bond donors (Lipinski definition) is 2. The highest BCUT2D eigenvalue weighted by Gasteiger charge is 2.02. The molecule has 3 nitrogen and oxygen atoms in total. The van der Waals surface area contributed by atoms with Crippen LogP contribution in [0.3, 0.4) is 0 Å². The van der Waals surface area contributed by atoms with E-state index in [0.717, 1.165) is 15.7 Å². The standard InChI is InChI=1S/C15H14BrFN2O/c16-12-2-1-3-14(8-12)19-15(20)10-18-9-11-4-6-13(17)7-5-11/h1-8,18H,9-10H2,(H,19,20). The molecule has 0 atom stereocenters. The second kappa shape index (κ2) is 7.17. The van der Waals surface area contributed by atoms with Crippen LogP contribution >= 0.6 is 15.9 Å². The highest BCUT2D eigenvalue weighted by atomic mass is 79.9. The lowest BCUT2D eigenvalue weighted by molar-refractivity contribution is -0.115. The Morgan fingerprint density at radius 2 is 1.90 bits per heavy atom. The molecule has 0 bridgehead atoms. The average molecular weight is 337 g/mol. The molecule has 20 heavy (non-hydrogen) atoms. The Kier molecular flexibility index (Phi) is 5.26. The number of nitrogens with one attached hydrogen (secondary N) is 2. The van der Waals surface area contributed by atoms with Gasteiger partial charge in [0, 0.05) is 16.7 Å². The predicted molar refractivity (Wildman–Crippen MR) is 80.9 cm³/mol. The van der Waals surface area contributed by atoms with E-state index in [0.29, 0.717) is 6.54 Å². The van der Waals surface area contributed by atoms with Crippen LogP contribution in [0.4, 0.5) is 10.1 Å². The normalized spacial score (nSPS) is 10.3. The monoisotopic (exact) mass is 336 g/mol. The molecule has 0 heterocycles. The van der Waals surface area contributed by atoms with E-state index in [1.807, 2.05) is 24.3 Å². The molecule has 2 aromatic carbocycles. The second-order valence-electron chi connectivity index (χ2n) is 4.29. The van der Waals surface area contributed by atoms with Crippen molar-refractivity contribution in [3.05, 3.63) is 64.4 Å². The quantitative estimate of drug-likeness (QED) is 0.879. The largest absolute Gasteiger partial charge is 0.325 e. The minimum atomic E-state index is -0.263. The molecular weight excluding hydrogens is 323 g/mol. The average Bonchev–Trinajstić information content (AvgIpc) is 2.41. The van der Waals surface area contributed by atoms with Crippen molar-refractivity contribution in [1.29, 1.82) is 0 Å². The number of benzene rings is 2. The zero-order valence-electron chi connectivity index (χ0n) is 10.7. The number of rotatable bonds is 5. The highest BCUT2D eigenvalue weighted by Crippen LogP contribution is 2.15. The third-order valence-corrected chi connectivity index (χ3v) is 3.13. The molecule has 2 rings (SSSR count). The molecule has 0 aromatic heterocycles. The van der Waals surface area contributed by atoms with Crippen LogP contribution in [-0.2, 0) is 11.3 Å². The summed E-state index contributed by atoms with van der Waals surface area (Å²) in [5.74, 6) is -0.383. The van der Waals surface area contributed by atoms with Crippen LogP contribution in [0.25, 0.3) is 0 Å². The van der Waals surface area contributed by atoms with Gasteiger partial charge >= 0.3 is 0 Å². The van der Waals surface area contributed by atoms with E-state index in [-0.39, 0.29) is 18.3 Å². The first kappa shape index (κ1) is 14.7. The molecule has 104 valence electrons. The van der Waals surface area contributed by atoms with Gasteiger partial charge in [-0.05, 0) is 35.9 Å². The number of carbonyl (C=O) groups excluding carboxylic acids is 1. The van der Waals surface area contributed by atoms with Gasteiger partial charge in [0.1, 0.15) is 5.82 Å². The zero-order valence-corrected chi connectivity index (χ0v) is 12.3. The molecule has 0 saturated carbocycles. The van der Waals surface area contributed by atoms with Crippen molar-refractivity contribution in [2.45, 2.75) is 6.54 Å². The first-order valence-corrected chi connectivity index (χ1v) is 6.93. The van der Waals surface area contributed by atoms with Crippen LogP contribution in [0.5, 0.6) is 0 Å². The summed E-state index contributed by atoms with van der Waals surface area (Å²) >= 11 is 3.34. The van der Waals surface area contributed by atoms with Gasteiger partial charge in [0.15, 0.2) is 0 Å². The van der Waals surface area contributed by atoms with Gasteiger partial charge in [-0.25, -0.2) is 4.39 Å². The van der Waals surface area contributed by atoms with E-state index < -0.39 is 0 Å². The molecule has 0 aliphatic carbocycles. The first-order chi connectivity index (χ1) is 9.63. The van der Waals surface area contributed by atoms with Gasteiger partial charge in [0.25, 0.3) is 0 Å². The second-order valence-corrected chi connectivity index (χ2v) is 5.20. The van der Waals surface area contributed by atoms with Crippen molar-refractivity contribution in [1.82, 2.24) is 5.32 Å². The maximum atomic E-state index is 12.7. The van der Waals surface area contributed by atoms with Crippen LogP contribution in [-0.4, -0.2) is 12.5 Å². The van der Waals surface area contributed by atoms with Crippen molar-refractivity contribution >= 4 is 27.5 Å². The zero-order chi connectivity index (χ0) is 14.4. The molecular formula is C15H14BrFN2O. The smallest absolute Gasteiger partial charge is 0.238 e. The van der Waals surface area contributed by atoms with Crippen LogP contribution < -0.4 is 10.6 Å². The number of anilines is 1.